The molecule has 0 aromatic heterocycles. The molecular formula is C22H34N4O6. The monoisotopic (exact) mass is 450 g/mol. The summed E-state index contributed by atoms with van der Waals surface area (Å²) in [6, 6.07) is 9.33. The maximum atomic E-state index is 12.0. The lowest BCUT2D eigenvalue weighted by Crippen LogP contribution is -2.47. The third-order valence-electron chi connectivity index (χ3n) is 3.33. The molecule has 10 nitrogen and oxygen atoms in total. The van der Waals surface area contributed by atoms with Gasteiger partial charge in [0.2, 0.25) is 5.96 Å². The predicted molar refractivity (Wildman–Crippen MR) is 120 cm³/mol. The van der Waals surface area contributed by atoms with Crippen LogP contribution in [0.5, 0.6) is 0 Å². The fraction of sp³-hybridized carbons (Fsp3) is 0.545. The van der Waals surface area contributed by atoms with E-state index in [0.29, 0.717) is 13.0 Å². The van der Waals surface area contributed by atoms with Crippen LogP contribution in [-0.4, -0.2) is 48.5 Å². The molecule has 1 aromatic carbocycles. The number of carbonyl (C=O) groups is 3. The lowest BCUT2D eigenvalue weighted by molar-refractivity contribution is 0.0545. The van der Waals surface area contributed by atoms with Crippen molar-refractivity contribution in [2.75, 3.05) is 13.1 Å². The number of rotatable bonds is 6. The number of nitrogens with one attached hydrogen (secondary N) is 3. The van der Waals surface area contributed by atoms with Crippen LogP contribution in [0.3, 0.4) is 0 Å². The zero-order valence-electron chi connectivity index (χ0n) is 19.6. The molecule has 0 saturated carbocycles. The summed E-state index contributed by atoms with van der Waals surface area (Å²) in [6.45, 7) is 11.0. The van der Waals surface area contributed by atoms with Crippen molar-refractivity contribution >= 4 is 24.2 Å². The third-order valence-corrected chi connectivity index (χ3v) is 3.33. The number of hydrogen-bond donors (Lipinski definition) is 3. The van der Waals surface area contributed by atoms with E-state index in [4.69, 9.17) is 14.2 Å². The fourth-order valence-electron chi connectivity index (χ4n) is 2.15. The maximum Gasteiger partial charge on any atom is 0.414 e. The Morgan fingerprint density at radius 2 is 1.38 bits per heavy atom. The van der Waals surface area contributed by atoms with Crippen LogP contribution in [0.15, 0.2) is 35.3 Å². The quantitative estimate of drug-likeness (QED) is 0.262. The number of aliphatic imine (C=N–C) groups is 1. The van der Waals surface area contributed by atoms with Gasteiger partial charge < -0.3 is 19.5 Å². The Morgan fingerprint density at radius 1 is 0.844 bits per heavy atom. The smallest absolute Gasteiger partial charge is 0.414 e. The molecule has 0 saturated heterocycles. The van der Waals surface area contributed by atoms with Gasteiger partial charge in [-0.1, -0.05) is 30.3 Å². The molecule has 0 bridgehead atoms. The molecule has 0 aliphatic rings. The Hall–Kier alpha value is -3.30. The zero-order valence-corrected chi connectivity index (χ0v) is 19.6. The lowest BCUT2D eigenvalue weighted by atomic mass is 10.2. The van der Waals surface area contributed by atoms with Gasteiger partial charge >= 0.3 is 18.3 Å². The van der Waals surface area contributed by atoms with Gasteiger partial charge in [-0.05, 0) is 53.5 Å². The van der Waals surface area contributed by atoms with Gasteiger partial charge in [0.15, 0.2) is 0 Å². The maximum absolute atomic E-state index is 12.0. The summed E-state index contributed by atoms with van der Waals surface area (Å²) >= 11 is 0. The fourth-order valence-corrected chi connectivity index (χ4v) is 2.15. The summed E-state index contributed by atoms with van der Waals surface area (Å²) in [5.74, 6) is -0.111. The van der Waals surface area contributed by atoms with Crippen molar-refractivity contribution in [1.82, 2.24) is 16.0 Å². The molecule has 0 unspecified atom stereocenters. The van der Waals surface area contributed by atoms with Crippen molar-refractivity contribution in [2.45, 2.75) is 65.8 Å². The summed E-state index contributed by atoms with van der Waals surface area (Å²) in [4.78, 5) is 40.0. The number of guanidine groups is 1. The highest BCUT2D eigenvalue weighted by atomic mass is 16.6. The first-order valence-electron chi connectivity index (χ1n) is 10.3. The zero-order chi connectivity index (χ0) is 24.2. The van der Waals surface area contributed by atoms with Crippen molar-refractivity contribution in [1.29, 1.82) is 0 Å². The van der Waals surface area contributed by atoms with E-state index in [-0.39, 0.29) is 19.1 Å². The first-order chi connectivity index (χ1) is 14.8. The van der Waals surface area contributed by atoms with Gasteiger partial charge in [-0.25, -0.2) is 14.4 Å². The molecule has 178 valence electrons. The first kappa shape index (κ1) is 26.7. The van der Waals surface area contributed by atoms with Crippen molar-refractivity contribution in [3.05, 3.63) is 35.9 Å². The molecule has 0 atom stereocenters. The van der Waals surface area contributed by atoms with Gasteiger partial charge in [0.05, 0.1) is 0 Å². The number of amides is 3. The van der Waals surface area contributed by atoms with Crippen molar-refractivity contribution in [3.63, 3.8) is 0 Å². The van der Waals surface area contributed by atoms with Crippen LogP contribution < -0.4 is 16.0 Å². The Balaban J connectivity index is 2.50. The van der Waals surface area contributed by atoms with Crippen LogP contribution in [0.2, 0.25) is 0 Å². The van der Waals surface area contributed by atoms with Gasteiger partial charge in [0.25, 0.3) is 0 Å². The third kappa shape index (κ3) is 13.8. The highest BCUT2D eigenvalue weighted by Gasteiger charge is 2.21. The van der Waals surface area contributed by atoms with Crippen LogP contribution in [0.4, 0.5) is 14.4 Å². The van der Waals surface area contributed by atoms with Crippen LogP contribution >= 0.6 is 0 Å². The number of ether oxygens (including phenoxy) is 3. The topological polar surface area (TPSA) is 127 Å². The van der Waals surface area contributed by atoms with Crippen molar-refractivity contribution in [3.8, 4) is 0 Å². The minimum Gasteiger partial charge on any atom is -0.445 e. The number of benzene rings is 1. The van der Waals surface area contributed by atoms with E-state index in [9.17, 15) is 14.4 Å². The van der Waals surface area contributed by atoms with Crippen LogP contribution in [0, 0.1) is 0 Å². The Labute approximate surface area is 189 Å². The van der Waals surface area contributed by atoms with Gasteiger partial charge in [-0.15, -0.1) is 0 Å². The number of hydrogen-bond acceptors (Lipinski definition) is 7. The highest BCUT2D eigenvalue weighted by molar-refractivity contribution is 6.01. The molecule has 0 radical (unpaired) electrons. The molecule has 0 spiro atoms. The molecule has 0 aliphatic heterocycles. The van der Waals surface area contributed by atoms with E-state index in [2.05, 4.69) is 20.9 Å². The first-order valence-corrected chi connectivity index (χ1v) is 10.3. The molecule has 0 heterocycles. The second-order valence-electron chi connectivity index (χ2n) is 8.83. The van der Waals surface area contributed by atoms with Crippen LogP contribution in [0.25, 0.3) is 0 Å². The summed E-state index contributed by atoms with van der Waals surface area (Å²) in [5, 5.41) is 7.40. The number of nitrogens with zero attached hydrogens (tertiary/aromatic N) is 1. The molecule has 32 heavy (non-hydrogen) atoms. The lowest BCUT2D eigenvalue weighted by Gasteiger charge is -2.22. The van der Waals surface area contributed by atoms with Gasteiger partial charge in [0, 0.05) is 13.1 Å². The minimum absolute atomic E-state index is 0.111. The molecular weight excluding hydrogens is 416 g/mol. The van der Waals surface area contributed by atoms with E-state index in [1.807, 2.05) is 30.3 Å². The summed E-state index contributed by atoms with van der Waals surface area (Å²) in [6.07, 6.45) is -1.64. The molecule has 3 amide bonds. The normalized spacial score (nSPS) is 11.1. The summed E-state index contributed by atoms with van der Waals surface area (Å²) in [5.41, 5.74) is -0.547. The SMILES string of the molecule is CC(C)(C)OC(=O)NC(=NCCCNC(=O)OCc1ccccc1)NC(=O)OC(C)(C)C. The average Bonchev–Trinajstić information content (AvgIpc) is 2.63. The largest absolute Gasteiger partial charge is 0.445 e. The highest BCUT2D eigenvalue weighted by Crippen LogP contribution is 2.07. The van der Waals surface area contributed by atoms with Crippen molar-refractivity contribution < 1.29 is 28.6 Å². The average molecular weight is 451 g/mol. The predicted octanol–water partition coefficient (Wildman–Crippen LogP) is 3.71. The molecule has 0 aliphatic carbocycles. The Morgan fingerprint density at radius 3 is 1.88 bits per heavy atom. The van der Waals surface area contributed by atoms with E-state index in [1.54, 1.807) is 41.5 Å². The molecule has 0 fully saturated rings. The Kier molecular flexibility index (Phi) is 10.5. The van der Waals surface area contributed by atoms with E-state index < -0.39 is 29.5 Å². The number of alkyl carbamates (subject to hydrolysis) is 3. The molecule has 1 aromatic rings. The van der Waals surface area contributed by atoms with E-state index in [0.717, 1.165) is 5.56 Å². The van der Waals surface area contributed by atoms with Gasteiger partial charge in [0.1, 0.15) is 17.8 Å². The van der Waals surface area contributed by atoms with Crippen molar-refractivity contribution in [2.24, 2.45) is 4.99 Å². The van der Waals surface area contributed by atoms with Gasteiger partial charge in [-0.2, -0.15) is 0 Å². The van der Waals surface area contributed by atoms with Gasteiger partial charge in [-0.3, -0.25) is 15.6 Å². The van der Waals surface area contributed by atoms with E-state index in [1.165, 1.54) is 0 Å². The summed E-state index contributed by atoms with van der Waals surface area (Å²) in [7, 11) is 0. The second-order valence-corrected chi connectivity index (χ2v) is 8.83. The van der Waals surface area contributed by atoms with Crippen LogP contribution in [-0.2, 0) is 20.8 Å². The van der Waals surface area contributed by atoms with E-state index >= 15 is 0 Å². The van der Waals surface area contributed by atoms with Crippen LogP contribution in [0.1, 0.15) is 53.5 Å². The Bertz CT molecular complexity index is 750. The summed E-state index contributed by atoms with van der Waals surface area (Å²) < 4.78 is 15.5. The molecule has 3 N–H and O–H groups in total. The number of carbonyl (C=O) groups excluding carboxylic acids is 3. The molecule has 10 heteroatoms. The molecule has 1 rings (SSSR count). The standard InChI is InChI=1S/C22H34N4O6/c1-21(2,3)31-19(28)25-17(26-20(29)32-22(4,5)6)23-13-10-14-24-18(27)30-15-16-11-8-7-9-12-16/h7-9,11-12H,10,13-15H2,1-6H3,(H,24,27)(H2,23,25,26,28,29). The minimum atomic E-state index is -0.769. The second kappa shape index (κ2) is 12.5.